The summed E-state index contributed by atoms with van der Waals surface area (Å²) in [6.45, 7) is 0. The molecule has 2 rings (SSSR count). The average Bonchev–Trinajstić information content (AvgIpc) is 2.39. The van der Waals surface area contributed by atoms with Gasteiger partial charge >= 0.3 is 0 Å². The van der Waals surface area contributed by atoms with Gasteiger partial charge in [0.25, 0.3) is 0 Å². The summed E-state index contributed by atoms with van der Waals surface area (Å²) in [5.74, 6) is 1.54. The van der Waals surface area contributed by atoms with Crippen LogP contribution in [0.1, 0.15) is 51.4 Å². The molecule has 2 aliphatic rings. The van der Waals surface area contributed by atoms with Crippen molar-refractivity contribution in [1.82, 2.24) is 0 Å². The molecule has 0 amide bonds. The normalized spacial score (nSPS) is 38.9. The monoisotopic (exact) mass is 241 g/mol. The molecule has 0 atom stereocenters. The van der Waals surface area contributed by atoms with Crippen molar-refractivity contribution in [2.45, 2.75) is 63.5 Å². The van der Waals surface area contributed by atoms with Gasteiger partial charge in [0.15, 0.2) is 0 Å². The molecule has 0 spiro atoms. The number of hydrogen-bond acceptors (Lipinski definition) is 3. The lowest BCUT2D eigenvalue weighted by atomic mass is 9.72. The molecule has 0 aliphatic heterocycles. The van der Waals surface area contributed by atoms with Gasteiger partial charge < -0.3 is 4.74 Å². The minimum Gasteiger partial charge on any atom is -0.381 e. The fraction of sp³-hybridized carbons (Fsp3) is 1.00. The predicted octanol–water partition coefficient (Wildman–Crippen LogP) is 3.03. The second-order valence-corrected chi connectivity index (χ2v) is 5.63. The summed E-state index contributed by atoms with van der Waals surface area (Å²) < 4.78 is 5.39. The maximum atomic E-state index is 10.7. The van der Waals surface area contributed by atoms with Crippen LogP contribution in [-0.4, -0.2) is 24.2 Å². The summed E-state index contributed by atoms with van der Waals surface area (Å²) in [6, 6.07) is -0.262. The van der Waals surface area contributed by atoms with Gasteiger partial charge in [0, 0.05) is 24.9 Å². The molecule has 0 bridgehead atoms. The lowest BCUT2D eigenvalue weighted by Crippen LogP contribution is -2.31. The third-order valence-corrected chi connectivity index (χ3v) is 4.76. The van der Waals surface area contributed by atoms with Crippen molar-refractivity contribution in [1.29, 1.82) is 0 Å². The van der Waals surface area contributed by atoms with E-state index in [1.165, 1.54) is 25.7 Å². The van der Waals surface area contributed by atoms with Crippen molar-refractivity contribution in [2.24, 2.45) is 11.8 Å². The molecule has 0 aromatic rings. The topological polar surface area (TPSA) is 52.4 Å². The smallest absolute Gasteiger partial charge is 0.213 e. The molecule has 0 heterocycles. The van der Waals surface area contributed by atoms with Crippen LogP contribution >= 0.6 is 0 Å². The maximum Gasteiger partial charge on any atom is 0.213 e. The first-order valence-electron chi connectivity index (χ1n) is 6.87. The number of ether oxygens (including phenoxy) is 1. The van der Waals surface area contributed by atoms with E-state index in [-0.39, 0.29) is 11.0 Å². The van der Waals surface area contributed by atoms with Crippen LogP contribution in [0.15, 0.2) is 0 Å². The van der Waals surface area contributed by atoms with Crippen LogP contribution in [0, 0.1) is 22.0 Å². The SMILES string of the molecule is COC1CCC(C2CCC([N+](=O)[O-])CC2)CC1. The molecule has 0 saturated heterocycles. The highest BCUT2D eigenvalue weighted by Crippen LogP contribution is 2.39. The highest BCUT2D eigenvalue weighted by Gasteiger charge is 2.34. The summed E-state index contributed by atoms with van der Waals surface area (Å²) >= 11 is 0. The summed E-state index contributed by atoms with van der Waals surface area (Å²) in [5.41, 5.74) is 0. The molecular formula is C13H23NO3. The fourth-order valence-corrected chi connectivity index (χ4v) is 3.58. The van der Waals surface area contributed by atoms with Crippen molar-refractivity contribution in [3.63, 3.8) is 0 Å². The van der Waals surface area contributed by atoms with Crippen molar-refractivity contribution in [2.75, 3.05) is 7.11 Å². The fourth-order valence-electron chi connectivity index (χ4n) is 3.58. The molecule has 0 unspecified atom stereocenters. The summed E-state index contributed by atoms with van der Waals surface area (Å²) in [6.07, 6.45) is 9.04. The number of nitrogens with zero attached hydrogens (tertiary/aromatic N) is 1. The molecule has 2 fully saturated rings. The third kappa shape index (κ3) is 3.18. The van der Waals surface area contributed by atoms with E-state index in [4.69, 9.17) is 4.74 Å². The molecule has 17 heavy (non-hydrogen) atoms. The zero-order valence-electron chi connectivity index (χ0n) is 10.6. The Morgan fingerprint density at radius 3 is 1.82 bits per heavy atom. The van der Waals surface area contributed by atoms with Crippen LogP contribution in [-0.2, 0) is 4.74 Å². The van der Waals surface area contributed by atoms with E-state index in [1.807, 2.05) is 0 Å². The van der Waals surface area contributed by atoms with Gasteiger partial charge in [-0.3, -0.25) is 10.1 Å². The van der Waals surface area contributed by atoms with Gasteiger partial charge in [-0.2, -0.15) is 0 Å². The van der Waals surface area contributed by atoms with Gasteiger partial charge in [-0.25, -0.2) is 0 Å². The Morgan fingerprint density at radius 1 is 0.941 bits per heavy atom. The van der Waals surface area contributed by atoms with E-state index in [9.17, 15) is 10.1 Å². The van der Waals surface area contributed by atoms with E-state index in [0.29, 0.717) is 6.10 Å². The van der Waals surface area contributed by atoms with Gasteiger partial charge in [0.1, 0.15) is 0 Å². The van der Waals surface area contributed by atoms with Gasteiger partial charge in [-0.15, -0.1) is 0 Å². The largest absolute Gasteiger partial charge is 0.381 e. The third-order valence-electron chi connectivity index (χ3n) is 4.76. The van der Waals surface area contributed by atoms with E-state index >= 15 is 0 Å². The molecule has 4 heteroatoms. The molecule has 0 radical (unpaired) electrons. The van der Waals surface area contributed by atoms with Crippen LogP contribution in [0.5, 0.6) is 0 Å². The van der Waals surface area contributed by atoms with Gasteiger partial charge in [0.05, 0.1) is 6.10 Å². The molecule has 98 valence electrons. The van der Waals surface area contributed by atoms with Gasteiger partial charge in [-0.05, 0) is 50.4 Å². The van der Waals surface area contributed by atoms with Crippen molar-refractivity contribution in [3.05, 3.63) is 10.1 Å². The van der Waals surface area contributed by atoms with Crippen LogP contribution < -0.4 is 0 Å². The lowest BCUT2D eigenvalue weighted by Gasteiger charge is -2.35. The molecule has 4 nitrogen and oxygen atoms in total. The summed E-state index contributed by atoms with van der Waals surface area (Å²) in [4.78, 5) is 10.6. The molecule has 0 aromatic carbocycles. The Kier molecular flexibility index (Phi) is 4.37. The predicted molar refractivity (Wildman–Crippen MR) is 65.5 cm³/mol. The Hall–Kier alpha value is -0.640. The average molecular weight is 241 g/mol. The highest BCUT2D eigenvalue weighted by molar-refractivity contribution is 4.82. The van der Waals surface area contributed by atoms with E-state index in [2.05, 4.69) is 0 Å². The van der Waals surface area contributed by atoms with E-state index in [0.717, 1.165) is 37.5 Å². The van der Waals surface area contributed by atoms with Gasteiger partial charge in [0.2, 0.25) is 6.04 Å². The standard InChI is InChI=1S/C13H23NO3/c1-17-13-8-4-11(5-9-13)10-2-6-12(7-3-10)14(15)16/h10-13H,2-9H2,1H3. The summed E-state index contributed by atoms with van der Waals surface area (Å²) in [5, 5.41) is 10.7. The van der Waals surface area contributed by atoms with Gasteiger partial charge in [-0.1, -0.05) is 0 Å². The zero-order chi connectivity index (χ0) is 12.3. The second-order valence-electron chi connectivity index (χ2n) is 5.63. The minimum atomic E-state index is -0.262. The quantitative estimate of drug-likeness (QED) is 0.563. The number of hydrogen-bond donors (Lipinski definition) is 0. The molecule has 2 saturated carbocycles. The van der Waals surface area contributed by atoms with E-state index < -0.39 is 0 Å². The van der Waals surface area contributed by atoms with Crippen LogP contribution in [0.4, 0.5) is 0 Å². The first-order valence-corrected chi connectivity index (χ1v) is 6.87. The second kappa shape index (κ2) is 5.80. The van der Waals surface area contributed by atoms with E-state index in [1.54, 1.807) is 7.11 Å². The Labute approximate surface area is 103 Å². The number of rotatable bonds is 3. The lowest BCUT2D eigenvalue weighted by molar-refractivity contribution is -0.527. The van der Waals surface area contributed by atoms with Crippen molar-refractivity contribution >= 4 is 0 Å². The van der Waals surface area contributed by atoms with Crippen LogP contribution in [0.2, 0.25) is 0 Å². The Morgan fingerprint density at radius 2 is 1.41 bits per heavy atom. The Balaban J connectivity index is 1.76. The Bertz CT molecular complexity index is 253. The minimum absolute atomic E-state index is 0.0853. The van der Waals surface area contributed by atoms with Crippen molar-refractivity contribution < 1.29 is 9.66 Å². The first-order chi connectivity index (χ1) is 8.20. The molecular weight excluding hydrogens is 218 g/mol. The molecule has 0 N–H and O–H groups in total. The summed E-state index contributed by atoms with van der Waals surface area (Å²) in [7, 11) is 1.80. The number of methoxy groups -OCH3 is 1. The van der Waals surface area contributed by atoms with Crippen LogP contribution in [0.25, 0.3) is 0 Å². The number of nitro groups is 1. The first kappa shape index (κ1) is 12.8. The van der Waals surface area contributed by atoms with Crippen molar-refractivity contribution in [3.8, 4) is 0 Å². The molecule has 0 aromatic heterocycles. The molecule has 2 aliphatic carbocycles. The highest BCUT2D eigenvalue weighted by atomic mass is 16.6. The maximum absolute atomic E-state index is 10.7. The van der Waals surface area contributed by atoms with Crippen LogP contribution in [0.3, 0.4) is 0 Å². The zero-order valence-corrected chi connectivity index (χ0v) is 10.6.